The molecule has 31 heavy (non-hydrogen) atoms. The summed E-state index contributed by atoms with van der Waals surface area (Å²) in [6, 6.07) is 9.82. The lowest BCUT2D eigenvalue weighted by molar-refractivity contribution is -0.121. The molecule has 1 aromatic carbocycles. The smallest absolute Gasteiger partial charge is 0.332 e. The molecule has 9 heteroatoms. The number of amides is 1. The maximum atomic E-state index is 12.9. The normalized spacial score (nSPS) is 11.2. The summed E-state index contributed by atoms with van der Waals surface area (Å²) in [6.45, 7) is 3.15. The SMILES string of the molecule is CCCCCn1c(=O)n(CCCNC(=O)CCc2ccccc2)c(=O)c2[nH]c(Cl)nc21. The minimum atomic E-state index is -0.443. The van der Waals surface area contributed by atoms with Crippen LogP contribution in [0.3, 0.4) is 0 Å². The zero-order valence-corrected chi connectivity index (χ0v) is 18.5. The number of halogens is 1. The van der Waals surface area contributed by atoms with Crippen molar-refractivity contribution in [3.8, 4) is 0 Å². The predicted molar refractivity (Wildman–Crippen MR) is 122 cm³/mol. The minimum Gasteiger partial charge on any atom is -0.356 e. The van der Waals surface area contributed by atoms with Crippen LogP contribution in [0.5, 0.6) is 0 Å². The quantitative estimate of drug-likeness (QED) is 0.350. The summed E-state index contributed by atoms with van der Waals surface area (Å²) in [6.07, 6.45) is 4.34. The van der Waals surface area contributed by atoms with E-state index in [0.717, 1.165) is 24.8 Å². The number of nitrogens with one attached hydrogen (secondary N) is 2. The molecular weight excluding hydrogens is 418 g/mol. The summed E-state index contributed by atoms with van der Waals surface area (Å²) in [5.41, 5.74) is 0.794. The number of unbranched alkanes of at least 4 members (excludes halogenated alkanes) is 2. The number of aromatic amines is 1. The third-order valence-electron chi connectivity index (χ3n) is 5.18. The van der Waals surface area contributed by atoms with Crippen molar-refractivity contribution in [1.29, 1.82) is 0 Å². The first-order chi connectivity index (χ1) is 15.0. The molecular formula is C22H28ClN5O3. The Morgan fingerprint density at radius 1 is 1.10 bits per heavy atom. The van der Waals surface area contributed by atoms with Crippen LogP contribution >= 0.6 is 11.6 Å². The average Bonchev–Trinajstić information content (AvgIpc) is 3.16. The van der Waals surface area contributed by atoms with Crippen LogP contribution in [0.25, 0.3) is 11.2 Å². The monoisotopic (exact) mass is 445 g/mol. The van der Waals surface area contributed by atoms with Gasteiger partial charge in [0.15, 0.2) is 11.2 Å². The number of carbonyl (C=O) groups excluding carboxylic acids is 1. The Labute approximate surface area is 185 Å². The Morgan fingerprint density at radius 3 is 2.58 bits per heavy atom. The largest absolute Gasteiger partial charge is 0.356 e. The highest BCUT2D eigenvalue weighted by Gasteiger charge is 2.16. The van der Waals surface area contributed by atoms with Crippen LogP contribution < -0.4 is 16.6 Å². The number of rotatable bonds is 11. The second-order valence-electron chi connectivity index (χ2n) is 7.51. The molecule has 2 N–H and O–H groups in total. The van der Waals surface area contributed by atoms with Crippen LogP contribution in [0.1, 0.15) is 44.6 Å². The maximum Gasteiger partial charge on any atom is 0.332 e. The van der Waals surface area contributed by atoms with Crippen molar-refractivity contribution in [2.75, 3.05) is 6.54 Å². The van der Waals surface area contributed by atoms with E-state index in [0.29, 0.717) is 38.0 Å². The van der Waals surface area contributed by atoms with E-state index in [2.05, 4.69) is 22.2 Å². The van der Waals surface area contributed by atoms with Crippen molar-refractivity contribution in [3.05, 3.63) is 62.0 Å². The van der Waals surface area contributed by atoms with Gasteiger partial charge in [-0.2, -0.15) is 4.98 Å². The Bertz CT molecular complexity index is 1130. The van der Waals surface area contributed by atoms with E-state index >= 15 is 0 Å². The van der Waals surface area contributed by atoms with Crippen molar-refractivity contribution in [2.24, 2.45) is 0 Å². The number of nitrogens with zero attached hydrogens (tertiary/aromatic N) is 3. The van der Waals surface area contributed by atoms with E-state index in [4.69, 9.17) is 11.6 Å². The molecule has 8 nitrogen and oxygen atoms in total. The lowest BCUT2D eigenvalue weighted by Gasteiger charge is -2.11. The lowest BCUT2D eigenvalue weighted by atomic mass is 10.1. The Hall–Kier alpha value is -2.87. The number of aromatic nitrogens is 4. The van der Waals surface area contributed by atoms with E-state index in [9.17, 15) is 14.4 Å². The molecule has 3 rings (SSSR count). The zero-order valence-electron chi connectivity index (χ0n) is 17.7. The molecule has 0 aliphatic heterocycles. The number of H-pyrrole nitrogens is 1. The van der Waals surface area contributed by atoms with Gasteiger partial charge in [0.25, 0.3) is 5.56 Å². The van der Waals surface area contributed by atoms with Crippen molar-refractivity contribution in [2.45, 2.75) is 58.5 Å². The summed E-state index contributed by atoms with van der Waals surface area (Å²) in [5.74, 6) is -0.0519. The zero-order chi connectivity index (χ0) is 22.2. The van der Waals surface area contributed by atoms with Gasteiger partial charge in [0.05, 0.1) is 0 Å². The first-order valence-corrected chi connectivity index (χ1v) is 11.1. The third kappa shape index (κ3) is 5.85. The molecule has 3 aromatic rings. The molecule has 0 atom stereocenters. The molecule has 0 spiro atoms. The number of hydrogen-bond donors (Lipinski definition) is 2. The van der Waals surface area contributed by atoms with Crippen molar-refractivity contribution < 1.29 is 4.79 Å². The highest BCUT2D eigenvalue weighted by Crippen LogP contribution is 2.11. The number of carbonyl (C=O) groups is 1. The van der Waals surface area contributed by atoms with Crippen molar-refractivity contribution in [3.63, 3.8) is 0 Å². The van der Waals surface area contributed by atoms with Crippen molar-refractivity contribution in [1.82, 2.24) is 24.4 Å². The van der Waals surface area contributed by atoms with Gasteiger partial charge in [0.1, 0.15) is 0 Å². The Kier molecular flexibility index (Phi) is 8.06. The number of aryl methyl sites for hydroxylation is 2. The molecule has 1 amide bonds. The first kappa shape index (κ1) is 22.8. The van der Waals surface area contributed by atoms with Gasteiger partial charge in [-0.25, -0.2) is 4.79 Å². The lowest BCUT2D eigenvalue weighted by Crippen LogP contribution is -2.41. The summed E-state index contributed by atoms with van der Waals surface area (Å²) in [4.78, 5) is 44.6. The summed E-state index contributed by atoms with van der Waals surface area (Å²) in [7, 11) is 0. The fourth-order valence-corrected chi connectivity index (χ4v) is 3.69. The Morgan fingerprint density at radius 2 is 1.84 bits per heavy atom. The summed E-state index contributed by atoms with van der Waals surface area (Å²) >= 11 is 5.95. The number of fused-ring (bicyclic) bond motifs is 1. The van der Waals surface area contributed by atoms with Gasteiger partial charge in [-0.05, 0) is 36.4 Å². The van der Waals surface area contributed by atoms with Gasteiger partial charge < -0.3 is 10.3 Å². The van der Waals surface area contributed by atoms with Gasteiger partial charge in [0, 0.05) is 26.1 Å². The molecule has 0 unspecified atom stereocenters. The molecule has 0 bridgehead atoms. The van der Waals surface area contributed by atoms with E-state index < -0.39 is 11.2 Å². The highest BCUT2D eigenvalue weighted by atomic mass is 35.5. The molecule has 0 radical (unpaired) electrons. The molecule has 0 saturated heterocycles. The van der Waals surface area contributed by atoms with Crippen LogP contribution in [0.4, 0.5) is 0 Å². The van der Waals surface area contributed by atoms with Crippen LogP contribution in [0.15, 0.2) is 39.9 Å². The number of benzene rings is 1. The fourth-order valence-electron chi connectivity index (χ4n) is 3.51. The van der Waals surface area contributed by atoms with E-state index in [-0.39, 0.29) is 23.3 Å². The number of imidazole rings is 1. The summed E-state index contributed by atoms with van der Waals surface area (Å²) < 4.78 is 2.70. The molecule has 0 aliphatic rings. The van der Waals surface area contributed by atoms with Crippen LogP contribution in [0.2, 0.25) is 5.28 Å². The molecule has 0 saturated carbocycles. The van der Waals surface area contributed by atoms with Gasteiger partial charge in [0.2, 0.25) is 11.2 Å². The predicted octanol–water partition coefficient (Wildman–Crippen LogP) is 2.87. The van der Waals surface area contributed by atoms with Crippen molar-refractivity contribution >= 4 is 28.7 Å². The van der Waals surface area contributed by atoms with Gasteiger partial charge in [-0.3, -0.25) is 18.7 Å². The maximum absolute atomic E-state index is 12.9. The summed E-state index contributed by atoms with van der Waals surface area (Å²) in [5, 5.41) is 2.94. The third-order valence-corrected chi connectivity index (χ3v) is 5.36. The van der Waals surface area contributed by atoms with Crippen LogP contribution in [-0.2, 0) is 24.3 Å². The van der Waals surface area contributed by atoms with Crippen LogP contribution in [0, 0.1) is 0 Å². The average molecular weight is 446 g/mol. The highest BCUT2D eigenvalue weighted by molar-refractivity contribution is 6.28. The molecule has 166 valence electrons. The first-order valence-electron chi connectivity index (χ1n) is 10.7. The molecule has 0 aliphatic carbocycles. The molecule has 2 aromatic heterocycles. The molecule has 0 fully saturated rings. The molecule has 2 heterocycles. The second-order valence-corrected chi connectivity index (χ2v) is 7.87. The van der Waals surface area contributed by atoms with E-state index in [1.165, 1.54) is 9.13 Å². The second kappa shape index (κ2) is 10.9. The van der Waals surface area contributed by atoms with Gasteiger partial charge >= 0.3 is 5.69 Å². The van der Waals surface area contributed by atoms with Gasteiger partial charge in [-0.1, -0.05) is 50.1 Å². The standard InChI is InChI=1S/C22H28ClN5O3/c1-2-3-7-14-27-19-18(25-21(23)26-19)20(30)28(22(27)31)15-8-13-24-17(29)12-11-16-9-5-4-6-10-16/h4-6,9-10H,2-3,7-8,11-15H2,1H3,(H,24,29)(H,25,26). The fraction of sp³-hybridized carbons (Fsp3) is 0.455. The number of hydrogen-bond acceptors (Lipinski definition) is 4. The van der Waals surface area contributed by atoms with E-state index in [1.807, 2.05) is 30.3 Å². The van der Waals surface area contributed by atoms with Crippen LogP contribution in [-0.4, -0.2) is 31.6 Å². The Balaban J connectivity index is 1.62. The van der Waals surface area contributed by atoms with Gasteiger partial charge in [-0.15, -0.1) is 0 Å². The van der Waals surface area contributed by atoms with E-state index in [1.54, 1.807) is 0 Å². The topological polar surface area (TPSA) is 102 Å². The minimum absolute atomic E-state index is 0.0519.